The smallest absolute Gasteiger partial charge is 0.407 e. The first-order chi connectivity index (χ1) is 12.2. The maximum atomic E-state index is 12.5. The summed E-state index contributed by atoms with van der Waals surface area (Å²) in [7, 11) is 0. The average molecular weight is 361 g/mol. The second-order valence-corrected chi connectivity index (χ2v) is 7.56. The van der Waals surface area contributed by atoms with E-state index in [0.717, 1.165) is 25.7 Å². The number of hydrogen-bond acceptors (Lipinski definition) is 4. The number of hydrogen-bond donors (Lipinski definition) is 3. The Balaban J connectivity index is 2.03. The van der Waals surface area contributed by atoms with Crippen molar-refractivity contribution in [1.29, 1.82) is 0 Å². The van der Waals surface area contributed by atoms with Crippen molar-refractivity contribution >= 4 is 17.9 Å². The fourth-order valence-corrected chi connectivity index (χ4v) is 3.00. The van der Waals surface area contributed by atoms with Gasteiger partial charge in [0.2, 0.25) is 5.91 Å². The van der Waals surface area contributed by atoms with Crippen molar-refractivity contribution in [1.82, 2.24) is 10.6 Å². The molecule has 26 heavy (non-hydrogen) atoms. The summed E-state index contributed by atoms with van der Waals surface area (Å²) in [4.78, 5) is 35.9. The lowest BCUT2D eigenvalue weighted by atomic mass is 9.90. The van der Waals surface area contributed by atoms with Gasteiger partial charge in [-0.1, -0.05) is 18.9 Å². The van der Waals surface area contributed by atoms with Gasteiger partial charge < -0.3 is 21.1 Å². The zero-order chi connectivity index (χ0) is 19.3. The molecule has 3 amide bonds. The second-order valence-electron chi connectivity index (χ2n) is 7.56. The van der Waals surface area contributed by atoms with Crippen LogP contribution in [0.2, 0.25) is 0 Å². The molecule has 0 bridgehead atoms. The van der Waals surface area contributed by atoms with E-state index in [-0.39, 0.29) is 23.6 Å². The summed E-state index contributed by atoms with van der Waals surface area (Å²) in [6.07, 6.45) is 3.00. The summed E-state index contributed by atoms with van der Waals surface area (Å²) in [6.45, 7) is 5.41. The van der Waals surface area contributed by atoms with Crippen LogP contribution >= 0.6 is 0 Å². The minimum Gasteiger partial charge on any atom is -0.444 e. The predicted molar refractivity (Wildman–Crippen MR) is 97.8 cm³/mol. The third-order valence-corrected chi connectivity index (χ3v) is 4.19. The Bertz CT molecular complexity index is 682. The number of alkyl carbamates (subject to hydrolysis) is 1. The number of rotatable bonds is 4. The number of primary amides is 1. The van der Waals surface area contributed by atoms with Gasteiger partial charge in [0.15, 0.2) is 0 Å². The lowest BCUT2D eigenvalue weighted by Gasteiger charge is -2.33. The quantitative estimate of drug-likeness (QED) is 0.764. The summed E-state index contributed by atoms with van der Waals surface area (Å²) in [5.41, 5.74) is 5.33. The van der Waals surface area contributed by atoms with Gasteiger partial charge in [-0.3, -0.25) is 9.59 Å². The van der Waals surface area contributed by atoms with Crippen LogP contribution in [0.3, 0.4) is 0 Å². The van der Waals surface area contributed by atoms with Gasteiger partial charge in [0, 0.05) is 17.2 Å². The molecule has 1 aliphatic rings. The number of carbonyl (C=O) groups is 3. The average Bonchev–Trinajstić information content (AvgIpc) is 2.55. The highest BCUT2D eigenvalue weighted by atomic mass is 16.6. The van der Waals surface area contributed by atoms with Gasteiger partial charge in [-0.2, -0.15) is 0 Å². The molecule has 7 nitrogen and oxygen atoms in total. The molecule has 2 atom stereocenters. The number of nitrogens with two attached hydrogens (primary N) is 1. The molecule has 0 aromatic heterocycles. The van der Waals surface area contributed by atoms with E-state index in [1.807, 2.05) is 0 Å². The van der Waals surface area contributed by atoms with Gasteiger partial charge in [0.1, 0.15) is 5.60 Å². The topological polar surface area (TPSA) is 111 Å². The van der Waals surface area contributed by atoms with Gasteiger partial charge in [0.05, 0.1) is 6.04 Å². The van der Waals surface area contributed by atoms with E-state index in [1.54, 1.807) is 39.0 Å². The summed E-state index contributed by atoms with van der Waals surface area (Å²) < 4.78 is 5.31. The highest BCUT2D eigenvalue weighted by Crippen LogP contribution is 2.20. The monoisotopic (exact) mass is 361 g/mol. The highest BCUT2D eigenvalue weighted by molar-refractivity contribution is 5.99. The molecule has 142 valence electrons. The summed E-state index contributed by atoms with van der Waals surface area (Å²) in [5, 5.41) is 5.82. The van der Waals surface area contributed by atoms with Crippen molar-refractivity contribution in [3.63, 3.8) is 0 Å². The number of nitrogens with one attached hydrogen (secondary N) is 2. The third kappa shape index (κ3) is 5.75. The molecule has 1 aromatic rings. The molecular formula is C19H27N3O4. The van der Waals surface area contributed by atoms with Crippen molar-refractivity contribution in [2.24, 2.45) is 5.73 Å². The fourth-order valence-electron chi connectivity index (χ4n) is 3.00. The minimum atomic E-state index is -0.582. The molecule has 0 saturated heterocycles. The molecule has 0 aliphatic heterocycles. The molecule has 0 unspecified atom stereocenters. The Morgan fingerprint density at radius 3 is 2.19 bits per heavy atom. The van der Waals surface area contributed by atoms with Crippen LogP contribution in [0, 0.1) is 0 Å². The molecule has 0 heterocycles. The van der Waals surface area contributed by atoms with Crippen LogP contribution in [0.25, 0.3) is 0 Å². The molecule has 0 radical (unpaired) electrons. The molecule has 0 spiro atoms. The summed E-state index contributed by atoms with van der Waals surface area (Å²) in [5.74, 6) is -0.877. The van der Waals surface area contributed by atoms with E-state index in [9.17, 15) is 14.4 Å². The van der Waals surface area contributed by atoms with Crippen molar-refractivity contribution in [3.05, 3.63) is 35.4 Å². The van der Waals surface area contributed by atoms with Crippen LogP contribution in [0.1, 0.15) is 67.2 Å². The Hall–Kier alpha value is -2.57. The normalized spacial score (nSPS) is 20.1. The molecule has 1 aliphatic carbocycles. The van der Waals surface area contributed by atoms with E-state index in [4.69, 9.17) is 10.5 Å². The Morgan fingerprint density at radius 1 is 1.04 bits per heavy atom. The molecular weight excluding hydrogens is 334 g/mol. The zero-order valence-corrected chi connectivity index (χ0v) is 15.5. The van der Waals surface area contributed by atoms with Crippen LogP contribution in [0.5, 0.6) is 0 Å². The lowest BCUT2D eigenvalue weighted by Crippen LogP contribution is -2.53. The fraction of sp³-hybridized carbons (Fsp3) is 0.526. The van der Waals surface area contributed by atoms with Gasteiger partial charge in [-0.15, -0.1) is 0 Å². The van der Waals surface area contributed by atoms with Crippen LogP contribution < -0.4 is 16.4 Å². The van der Waals surface area contributed by atoms with Crippen LogP contribution in [0.15, 0.2) is 24.3 Å². The standard InChI is InChI=1S/C19H27N3O4/c1-19(2,3)26-18(25)22-15-10-5-4-9-14(15)21-17(24)13-8-6-7-12(11-13)16(20)23/h6-8,11,14-15H,4-5,9-10H2,1-3H3,(H2,20,23)(H,21,24)(H,22,25)/t14-,15+/m0/s1. The Kier molecular flexibility index (Phi) is 6.23. The zero-order valence-electron chi connectivity index (χ0n) is 15.5. The molecule has 7 heteroatoms. The van der Waals surface area contributed by atoms with Crippen molar-refractivity contribution < 1.29 is 19.1 Å². The second kappa shape index (κ2) is 8.21. The van der Waals surface area contributed by atoms with Gasteiger partial charge in [-0.25, -0.2) is 4.79 Å². The largest absolute Gasteiger partial charge is 0.444 e. The van der Waals surface area contributed by atoms with Gasteiger partial charge in [-0.05, 0) is 51.8 Å². The van der Waals surface area contributed by atoms with Crippen LogP contribution in [-0.4, -0.2) is 35.6 Å². The maximum absolute atomic E-state index is 12.5. The van der Waals surface area contributed by atoms with E-state index in [1.165, 1.54) is 6.07 Å². The van der Waals surface area contributed by atoms with Crippen molar-refractivity contribution in [3.8, 4) is 0 Å². The summed E-state index contributed by atoms with van der Waals surface area (Å²) in [6, 6.07) is 5.89. The molecule has 1 saturated carbocycles. The van der Waals surface area contributed by atoms with E-state index < -0.39 is 17.6 Å². The number of amides is 3. The van der Waals surface area contributed by atoms with Gasteiger partial charge >= 0.3 is 6.09 Å². The predicted octanol–water partition coefficient (Wildman–Crippen LogP) is 2.35. The third-order valence-electron chi connectivity index (χ3n) is 4.19. The van der Waals surface area contributed by atoms with E-state index >= 15 is 0 Å². The van der Waals surface area contributed by atoms with Crippen LogP contribution in [0.4, 0.5) is 4.79 Å². The maximum Gasteiger partial charge on any atom is 0.407 e. The Labute approximate surface area is 153 Å². The first-order valence-electron chi connectivity index (χ1n) is 8.86. The number of benzene rings is 1. The number of carbonyl (C=O) groups excluding carboxylic acids is 3. The van der Waals surface area contributed by atoms with Crippen molar-refractivity contribution in [2.75, 3.05) is 0 Å². The van der Waals surface area contributed by atoms with E-state index in [0.29, 0.717) is 5.56 Å². The first kappa shape index (κ1) is 19.8. The highest BCUT2D eigenvalue weighted by Gasteiger charge is 2.29. The SMILES string of the molecule is CC(C)(C)OC(=O)N[C@@H]1CCCC[C@@H]1NC(=O)c1cccc(C(N)=O)c1. The molecule has 1 aromatic carbocycles. The summed E-state index contributed by atoms with van der Waals surface area (Å²) >= 11 is 0. The molecule has 4 N–H and O–H groups in total. The Morgan fingerprint density at radius 2 is 1.62 bits per heavy atom. The lowest BCUT2D eigenvalue weighted by molar-refractivity contribution is 0.0474. The minimum absolute atomic E-state index is 0.193. The van der Waals surface area contributed by atoms with E-state index in [2.05, 4.69) is 10.6 Å². The molecule has 2 rings (SSSR count). The van der Waals surface area contributed by atoms with Crippen molar-refractivity contribution in [2.45, 2.75) is 64.1 Å². The van der Waals surface area contributed by atoms with Gasteiger partial charge in [0.25, 0.3) is 5.91 Å². The molecule has 1 fully saturated rings. The number of ether oxygens (including phenoxy) is 1. The first-order valence-corrected chi connectivity index (χ1v) is 8.86. The van der Waals surface area contributed by atoms with Crippen LogP contribution in [-0.2, 0) is 4.74 Å².